The maximum absolute atomic E-state index is 13.0. The van der Waals surface area contributed by atoms with E-state index in [0.717, 1.165) is 11.1 Å². The first-order chi connectivity index (χ1) is 12.9. The summed E-state index contributed by atoms with van der Waals surface area (Å²) in [5, 5.41) is 5.43. The number of hydrogen-bond acceptors (Lipinski definition) is 3. The molecule has 3 rings (SSSR count). The fraction of sp³-hybridized carbons (Fsp3) is 0.0952. The molecule has 1 aromatic heterocycles. The van der Waals surface area contributed by atoms with E-state index in [1.807, 2.05) is 32.0 Å². The number of amides is 2. The summed E-state index contributed by atoms with van der Waals surface area (Å²) in [6.45, 7) is 3.88. The van der Waals surface area contributed by atoms with Crippen LogP contribution in [0, 0.1) is 19.7 Å². The average molecular weight is 363 g/mol. The van der Waals surface area contributed by atoms with Crippen molar-refractivity contribution in [2.75, 3.05) is 10.6 Å². The molecule has 0 fully saturated rings. The fourth-order valence-electron chi connectivity index (χ4n) is 2.49. The second kappa shape index (κ2) is 7.78. The predicted octanol–water partition coefficient (Wildman–Crippen LogP) is 4.34. The Hall–Kier alpha value is -3.54. The van der Waals surface area contributed by atoms with Crippen LogP contribution < -0.4 is 10.6 Å². The van der Waals surface area contributed by atoms with Gasteiger partial charge in [0.1, 0.15) is 17.2 Å². The maximum Gasteiger partial charge on any atom is 0.274 e. The van der Waals surface area contributed by atoms with Crippen molar-refractivity contribution in [3.8, 4) is 0 Å². The summed E-state index contributed by atoms with van der Waals surface area (Å²) in [5.41, 5.74) is 3.39. The van der Waals surface area contributed by atoms with Crippen molar-refractivity contribution < 1.29 is 14.0 Å². The van der Waals surface area contributed by atoms with Crippen molar-refractivity contribution in [1.82, 2.24) is 4.98 Å². The van der Waals surface area contributed by atoms with Gasteiger partial charge in [0.15, 0.2) is 0 Å². The molecule has 0 aliphatic heterocycles. The monoisotopic (exact) mass is 363 g/mol. The number of halogens is 1. The van der Waals surface area contributed by atoms with E-state index in [2.05, 4.69) is 15.6 Å². The summed E-state index contributed by atoms with van der Waals surface area (Å²) in [7, 11) is 0. The van der Waals surface area contributed by atoms with Gasteiger partial charge in [-0.2, -0.15) is 0 Å². The minimum Gasteiger partial charge on any atom is -0.321 e. The molecule has 0 aliphatic rings. The van der Waals surface area contributed by atoms with Crippen molar-refractivity contribution in [3.63, 3.8) is 0 Å². The van der Waals surface area contributed by atoms with Crippen molar-refractivity contribution >= 4 is 23.2 Å². The number of rotatable bonds is 4. The van der Waals surface area contributed by atoms with Gasteiger partial charge >= 0.3 is 0 Å². The van der Waals surface area contributed by atoms with Gasteiger partial charge < -0.3 is 10.6 Å². The van der Waals surface area contributed by atoms with E-state index in [4.69, 9.17) is 0 Å². The number of carbonyl (C=O) groups excluding carboxylic acids is 2. The van der Waals surface area contributed by atoms with E-state index in [9.17, 15) is 14.0 Å². The summed E-state index contributed by atoms with van der Waals surface area (Å²) in [5.74, 6) is -1.28. The van der Waals surface area contributed by atoms with Crippen LogP contribution >= 0.6 is 0 Å². The molecule has 0 bridgehead atoms. The first-order valence-corrected chi connectivity index (χ1v) is 8.35. The molecule has 2 aromatic carbocycles. The van der Waals surface area contributed by atoms with Crippen LogP contribution in [0.15, 0.2) is 60.7 Å². The zero-order valence-electron chi connectivity index (χ0n) is 14.9. The summed E-state index contributed by atoms with van der Waals surface area (Å²) in [6.07, 6.45) is 0. The van der Waals surface area contributed by atoms with Crippen LogP contribution in [0.3, 0.4) is 0 Å². The molecule has 0 saturated heterocycles. The highest BCUT2D eigenvalue weighted by Crippen LogP contribution is 2.18. The Bertz CT molecular complexity index is 1000. The van der Waals surface area contributed by atoms with Crippen molar-refractivity contribution in [3.05, 3.63) is 89.0 Å². The molecule has 136 valence electrons. The van der Waals surface area contributed by atoms with Crippen LogP contribution in [0.1, 0.15) is 32.1 Å². The van der Waals surface area contributed by atoms with E-state index in [1.54, 1.807) is 6.07 Å². The van der Waals surface area contributed by atoms with Gasteiger partial charge in [0, 0.05) is 11.4 Å². The number of aromatic nitrogens is 1. The molecule has 0 aliphatic carbocycles. The van der Waals surface area contributed by atoms with Crippen molar-refractivity contribution in [2.45, 2.75) is 13.8 Å². The van der Waals surface area contributed by atoms with Gasteiger partial charge in [-0.15, -0.1) is 0 Å². The average Bonchev–Trinajstić information content (AvgIpc) is 2.67. The summed E-state index contributed by atoms with van der Waals surface area (Å²) < 4.78 is 13.0. The van der Waals surface area contributed by atoms with E-state index in [-0.39, 0.29) is 11.4 Å². The van der Waals surface area contributed by atoms with E-state index in [0.29, 0.717) is 11.4 Å². The SMILES string of the molecule is Cc1cccc(NC(=O)c2cccc(C(=O)Nc3ccc(F)cc3)n2)c1C. The third-order valence-electron chi connectivity index (χ3n) is 4.17. The Morgan fingerprint density at radius 2 is 1.41 bits per heavy atom. The zero-order valence-corrected chi connectivity index (χ0v) is 14.9. The van der Waals surface area contributed by atoms with E-state index >= 15 is 0 Å². The first-order valence-electron chi connectivity index (χ1n) is 8.35. The quantitative estimate of drug-likeness (QED) is 0.724. The van der Waals surface area contributed by atoms with Crippen LogP contribution in [-0.2, 0) is 0 Å². The fourth-order valence-corrected chi connectivity index (χ4v) is 2.49. The third kappa shape index (κ3) is 4.36. The number of pyridine rings is 1. The van der Waals surface area contributed by atoms with Gasteiger partial charge in [0.25, 0.3) is 11.8 Å². The van der Waals surface area contributed by atoms with Gasteiger partial charge in [-0.3, -0.25) is 9.59 Å². The Kier molecular flexibility index (Phi) is 5.26. The molecule has 0 radical (unpaired) electrons. The van der Waals surface area contributed by atoms with Gasteiger partial charge in [-0.25, -0.2) is 9.37 Å². The predicted molar refractivity (Wildman–Crippen MR) is 102 cm³/mol. The van der Waals surface area contributed by atoms with Crippen LogP contribution in [-0.4, -0.2) is 16.8 Å². The molecule has 2 N–H and O–H groups in total. The molecule has 0 atom stereocenters. The summed E-state index contributed by atoms with van der Waals surface area (Å²) in [4.78, 5) is 29.0. The molecular weight excluding hydrogens is 345 g/mol. The number of carbonyl (C=O) groups is 2. The van der Waals surface area contributed by atoms with Crippen LogP contribution in [0.2, 0.25) is 0 Å². The second-order valence-electron chi connectivity index (χ2n) is 6.07. The Labute approximate surface area is 156 Å². The van der Waals surface area contributed by atoms with Crippen molar-refractivity contribution in [1.29, 1.82) is 0 Å². The van der Waals surface area contributed by atoms with E-state index in [1.165, 1.54) is 36.4 Å². The highest BCUT2D eigenvalue weighted by atomic mass is 19.1. The highest BCUT2D eigenvalue weighted by molar-refractivity contribution is 6.06. The smallest absolute Gasteiger partial charge is 0.274 e. The number of hydrogen-bond donors (Lipinski definition) is 2. The number of aryl methyl sites for hydroxylation is 1. The Morgan fingerprint density at radius 1 is 0.815 bits per heavy atom. The third-order valence-corrected chi connectivity index (χ3v) is 4.17. The van der Waals surface area contributed by atoms with E-state index < -0.39 is 17.6 Å². The molecule has 0 saturated carbocycles. The van der Waals surface area contributed by atoms with Crippen LogP contribution in [0.5, 0.6) is 0 Å². The lowest BCUT2D eigenvalue weighted by Crippen LogP contribution is -2.19. The highest BCUT2D eigenvalue weighted by Gasteiger charge is 2.14. The molecule has 0 spiro atoms. The number of nitrogens with zero attached hydrogens (tertiary/aromatic N) is 1. The molecule has 27 heavy (non-hydrogen) atoms. The molecular formula is C21H18FN3O2. The van der Waals surface area contributed by atoms with Gasteiger partial charge in [0.2, 0.25) is 0 Å². The largest absolute Gasteiger partial charge is 0.321 e. The molecule has 3 aromatic rings. The second-order valence-corrected chi connectivity index (χ2v) is 6.07. The normalized spacial score (nSPS) is 10.3. The zero-order chi connectivity index (χ0) is 19.4. The summed E-state index contributed by atoms with van der Waals surface area (Å²) >= 11 is 0. The van der Waals surface area contributed by atoms with Crippen LogP contribution in [0.4, 0.5) is 15.8 Å². The van der Waals surface area contributed by atoms with Crippen molar-refractivity contribution in [2.24, 2.45) is 0 Å². The van der Waals surface area contributed by atoms with Gasteiger partial charge in [-0.1, -0.05) is 18.2 Å². The first kappa shape index (κ1) is 18.3. The molecule has 0 unspecified atom stereocenters. The molecule has 1 heterocycles. The van der Waals surface area contributed by atoms with Crippen LogP contribution in [0.25, 0.3) is 0 Å². The minimum absolute atomic E-state index is 0.0907. The Morgan fingerprint density at radius 3 is 2.07 bits per heavy atom. The summed E-state index contributed by atoms with van der Waals surface area (Å²) in [6, 6.07) is 15.7. The molecule has 6 heteroatoms. The van der Waals surface area contributed by atoms with Gasteiger partial charge in [-0.05, 0) is 67.4 Å². The molecule has 2 amide bonds. The lowest BCUT2D eigenvalue weighted by molar-refractivity contribution is 0.101. The Balaban J connectivity index is 1.76. The number of anilines is 2. The lowest BCUT2D eigenvalue weighted by Gasteiger charge is -2.10. The topological polar surface area (TPSA) is 71.1 Å². The maximum atomic E-state index is 13.0. The molecule has 5 nitrogen and oxygen atoms in total. The standard InChI is InChI=1S/C21H18FN3O2/c1-13-5-3-6-17(14(13)2)25-21(27)19-8-4-7-18(24-19)20(26)23-16-11-9-15(22)10-12-16/h3-12H,1-2H3,(H,23,26)(H,25,27). The number of benzene rings is 2. The number of nitrogens with one attached hydrogen (secondary N) is 2. The lowest BCUT2D eigenvalue weighted by atomic mass is 10.1. The van der Waals surface area contributed by atoms with Gasteiger partial charge in [0.05, 0.1) is 0 Å². The minimum atomic E-state index is -0.483.